The molecule has 2 heteroatoms. The van der Waals surface area contributed by atoms with Crippen molar-refractivity contribution in [3.63, 3.8) is 0 Å². The highest BCUT2D eigenvalue weighted by molar-refractivity contribution is 5.78. The number of hydrogen-bond donors (Lipinski definition) is 2. The second kappa shape index (κ2) is 5.19. The van der Waals surface area contributed by atoms with Gasteiger partial charge in [-0.1, -0.05) is 30.3 Å². The second-order valence-electron chi connectivity index (χ2n) is 6.47. The van der Waals surface area contributed by atoms with E-state index in [0.717, 1.165) is 12.8 Å². The maximum atomic E-state index is 6.09. The summed E-state index contributed by atoms with van der Waals surface area (Å²) in [6.45, 7) is 0. The molecule has 0 aliphatic heterocycles. The summed E-state index contributed by atoms with van der Waals surface area (Å²) >= 11 is 0. The lowest BCUT2D eigenvalue weighted by Crippen LogP contribution is -2.34. The van der Waals surface area contributed by atoms with Crippen LogP contribution in [0, 0.1) is 0 Å². The van der Waals surface area contributed by atoms with Crippen molar-refractivity contribution in [1.29, 1.82) is 0 Å². The summed E-state index contributed by atoms with van der Waals surface area (Å²) in [7, 11) is 0. The van der Waals surface area contributed by atoms with Crippen LogP contribution in [0.5, 0.6) is 0 Å². The van der Waals surface area contributed by atoms with Gasteiger partial charge in [0.1, 0.15) is 0 Å². The quantitative estimate of drug-likeness (QED) is 0.745. The van der Waals surface area contributed by atoms with Gasteiger partial charge in [-0.05, 0) is 66.5 Å². The molecule has 1 saturated carbocycles. The summed E-state index contributed by atoms with van der Waals surface area (Å²) in [5.74, 6) is 0. The first-order valence-electron chi connectivity index (χ1n) is 8.03. The first-order chi connectivity index (χ1) is 10.3. The van der Waals surface area contributed by atoms with Crippen molar-refractivity contribution in [2.75, 3.05) is 5.32 Å². The summed E-state index contributed by atoms with van der Waals surface area (Å²) in [6, 6.07) is 16.5. The molecule has 0 heterocycles. The van der Waals surface area contributed by atoms with Gasteiger partial charge < -0.3 is 11.1 Å². The molecule has 3 N–H and O–H groups in total. The topological polar surface area (TPSA) is 38.0 Å². The lowest BCUT2D eigenvalue weighted by atomic mass is 9.91. The fourth-order valence-corrected chi connectivity index (χ4v) is 3.83. The van der Waals surface area contributed by atoms with Gasteiger partial charge in [0.15, 0.2) is 0 Å². The van der Waals surface area contributed by atoms with Crippen LogP contribution in [0.3, 0.4) is 0 Å². The fraction of sp³-hybridized carbons (Fsp3) is 0.368. The molecule has 108 valence electrons. The molecule has 2 aromatic rings. The number of anilines is 1. The monoisotopic (exact) mass is 278 g/mol. The first kappa shape index (κ1) is 12.9. The van der Waals surface area contributed by atoms with Gasteiger partial charge >= 0.3 is 0 Å². The van der Waals surface area contributed by atoms with Crippen molar-refractivity contribution >= 4 is 5.69 Å². The van der Waals surface area contributed by atoms with E-state index in [1.165, 1.54) is 47.2 Å². The van der Waals surface area contributed by atoms with Crippen molar-refractivity contribution in [1.82, 2.24) is 0 Å². The molecule has 0 amide bonds. The minimum absolute atomic E-state index is 0.370. The van der Waals surface area contributed by atoms with E-state index < -0.39 is 0 Å². The first-order valence-corrected chi connectivity index (χ1v) is 8.03. The number of nitrogens with two attached hydrogens (primary N) is 1. The van der Waals surface area contributed by atoms with Crippen LogP contribution in [0.25, 0.3) is 11.1 Å². The van der Waals surface area contributed by atoms with Gasteiger partial charge in [-0.3, -0.25) is 0 Å². The smallest absolute Gasteiger partial charge is 0.0345 e. The van der Waals surface area contributed by atoms with Gasteiger partial charge in [0, 0.05) is 17.8 Å². The van der Waals surface area contributed by atoms with E-state index in [1.54, 1.807) is 0 Å². The van der Waals surface area contributed by atoms with Crippen LogP contribution in [-0.4, -0.2) is 12.1 Å². The molecule has 2 aliphatic rings. The Hall–Kier alpha value is -1.80. The highest BCUT2D eigenvalue weighted by Crippen LogP contribution is 2.37. The van der Waals surface area contributed by atoms with Crippen molar-refractivity contribution in [3.05, 3.63) is 53.6 Å². The van der Waals surface area contributed by atoms with Gasteiger partial charge in [-0.25, -0.2) is 0 Å². The van der Waals surface area contributed by atoms with Crippen molar-refractivity contribution in [3.8, 4) is 11.1 Å². The SMILES string of the molecule is NC1CCCC(Nc2ccc3c(c2)Cc2ccccc2-3)C1. The Morgan fingerprint density at radius 3 is 2.71 bits per heavy atom. The van der Waals surface area contributed by atoms with E-state index in [0.29, 0.717) is 12.1 Å². The highest BCUT2D eigenvalue weighted by atomic mass is 14.9. The Morgan fingerprint density at radius 2 is 1.81 bits per heavy atom. The lowest BCUT2D eigenvalue weighted by Gasteiger charge is -2.28. The summed E-state index contributed by atoms with van der Waals surface area (Å²) < 4.78 is 0. The molecule has 4 rings (SSSR count). The second-order valence-corrected chi connectivity index (χ2v) is 6.47. The molecule has 0 aromatic heterocycles. The van der Waals surface area contributed by atoms with E-state index in [9.17, 15) is 0 Å². The molecule has 1 fully saturated rings. The molecule has 2 aliphatic carbocycles. The molecule has 2 nitrogen and oxygen atoms in total. The summed E-state index contributed by atoms with van der Waals surface area (Å²) in [6.07, 6.45) is 5.82. The van der Waals surface area contributed by atoms with Crippen LogP contribution < -0.4 is 11.1 Å². The molecule has 0 bridgehead atoms. The molecule has 21 heavy (non-hydrogen) atoms. The van der Waals surface area contributed by atoms with Crippen LogP contribution in [0.4, 0.5) is 5.69 Å². The zero-order chi connectivity index (χ0) is 14.2. The minimum Gasteiger partial charge on any atom is -0.382 e. The maximum absolute atomic E-state index is 6.09. The largest absolute Gasteiger partial charge is 0.382 e. The minimum atomic E-state index is 0.370. The molecule has 2 unspecified atom stereocenters. The van der Waals surface area contributed by atoms with Crippen LogP contribution >= 0.6 is 0 Å². The van der Waals surface area contributed by atoms with Gasteiger partial charge in [-0.2, -0.15) is 0 Å². The normalized spacial score (nSPS) is 23.5. The molecule has 2 aromatic carbocycles. The van der Waals surface area contributed by atoms with E-state index >= 15 is 0 Å². The summed E-state index contributed by atoms with van der Waals surface area (Å²) in [5.41, 5.74) is 13.0. The van der Waals surface area contributed by atoms with E-state index in [-0.39, 0.29) is 0 Å². The van der Waals surface area contributed by atoms with Crippen molar-refractivity contribution in [2.45, 2.75) is 44.2 Å². The van der Waals surface area contributed by atoms with Gasteiger partial charge in [-0.15, -0.1) is 0 Å². The fourth-order valence-electron chi connectivity index (χ4n) is 3.83. The Morgan fingerprint density at radius 1 is 0.952 bits per heavy atom. The maximum Gasteiger partial charge on any atom is 0.0345 e. The predicted octanol–water partition coefficient (Wildman–Crippen LogP) is 3.94. The Bertz CT molecular complexity index is 662. The van der Waals surface area contributed by atoms with E-state index in [4.69, 9.17) is 5.73 Å². The van der Waals surface area contributed by atoms with Crippen molar-refractivity contribution < 1.29 is 0 Å². The van der Waals surface area contributed by atoms with Crippen LogP contribution in [0.2, 0.25) is 0 Å². The molecular weight excluding hydrogens is 256 g/mol. The molecule has 2 atom stereocenters. The van der Waals surface area contributed by atoms with Crippen molar-refractivity contribution in [2.24, 2.45) is 5.73 Å². The third-order valence-electron chi connectivity index (χ3n) is 4.88. The Kier molecular flexibility index (Phi) is 3.19. The average molecular weight is 278 g/mol. The van der Waals surface area contributed by atoms with Gasteiger partial charge in [0.05, 0.1) is 0 Å². The summed E-state index contributed by atoms with van der Waals surface area (Å²) in [4.78, 5) is 0. The molecule has 0 radical (unpaired) electrons. The number of hydrogen-bond acceptors (Lipinski definition) is 2. The van der Waals surface area contributed by atoms with Gasteiger partial charge in [0.2, 0.25) is 0 Å². The Labute approximate surface area is 126 Å². The van der Waals surface area contributed by atoms with E-state index in [2.05, 4.69) is 47.8 Å². The Balaban J connectivity index is 1.56. The number of rotatable bonds is 2. The standard InChI is InChI=1S/C19H22N2/c20-15-5-3-6-16(12-15)21-17-8-9-19-14(11-17)10-13-4-1-2-7-18(13)19/h1-2,4,7-9,11,15-16,21H,3,5-6,10,12,20H2. The predicted molar refractivity (Wildman–Crippen MR) is 88.5 cm³/mol. The average Bonchev–Trinajstić information content (AvgIpc) is 2.85. The number of nitrogens with one attached hydrogen (secondary N) is 1. The summed E-state index contributed by atoms with van der Waals surface area (Å²) in [5, 5.41) is 3.69. The molecule has 0 spiro atoms. The van der Waals surface area contributed by atoms with Crippen LogP contribution in [-0.2, 0) is 6.42 Å². The highest BCUT2D eigenvalue weighted by Gasteiger charge is 2.21. The lowest BCUT2D eigenvalue weighted by molar-refractivity contribution is 0.409. The molecular formula is C19H22N2. The van der Waals surface area contributed by atoms with Gasteiger partial charge in [0.25, 0.3) is 0 Å². The van der Waals surface area contributed by atoms with E-state index in [1.807, 2.05) is 0 Å². The number of fused-ring (bicyclic) bond motifs is 3. The third-order valence-corrected chi connectivity index (χ3v) is 4.88. The van der Waals surface area contributed by atoms with Crippen LogP contribution in [0.15, 0.2) is 42.5 Å². The molecule has 0 saturated heterocycles. The third kappa shape index (κ3) is 2.44. The van der Waals surface area contributed by atoms with Crippen LogP contribution in [0.1, 0.15) is 36.8 Å². The number of benzene rings is 2. The zero-order valence-corrected chi connectivity index (χ0v) is 12.3. The zero-order valence-electron chi connectivity index (χ0n) is 12.3.